The molecule has 1 fully saturated rings. The van der Waals surface area contributed by atoms with Crippen LogP contribution in [0.2, 0.25) is 0 Å². The Morgan fingerprint density at radius 2 is 1.54 bits per heavy atom. The Labute approximate surface area is 146 Å². The van der Waals surface area contributed by atoms with Crippen molar-refractivity contribution in [1.29, 1.82) is 0 Å². The molecule has 0 unspecified atom stereocenters. The molecule has 0 saturated heterocycles. The molecule has 1 aliphatic rings. The smallest absolute Gasteiger partial charge is 0.131 e. The zero-order chi connectivity index (χ0) is 16.8. The summed E-state index contributed by atoms with van der Waals surface area (Å²) in [5.41, 5.74) is 2.80. The Balaban J connectivity index is 1.54. The maximum atomic E-state index is 14.4. The molecule has 1 aliphatic carbocycles. The fraction of sp³-hybridized carbons (Fsp3) is 0.478. The van der Waals surface area contributed by atoms with Crippen LogP contribution in [0.3, 0.4) is 0 Å². The van der Waals surface area contributed by atoms with Crippen LogP contribution in [0.1, 0.15) is 57.4 Å². The molecule has 0 bridgehead atoms. The fourth-order valence-corrected chi connectivity index (χ4v) is 4.15. The standard InChI is InChI=1S/C23H29F/c1-2-6-18-9-11-19(12-10-18)13-14-20-15-16-22(23(24)17-20)21-7-4-3-5-8-21/h3-5,7-8,15-19H,2,6,9-14H2,1H3/t18-,19-. The second-order valence-corrected chi connectivity index (χ2v) is 7.39. The molecular weight excluding hydrogens is 295 g/mol. The first-order valence-corrected chi connectivity index (χ1v) is 9.60. The van der Waals surface area contributed by atoms with Gasteiger partial charge in [0.05, 0.1) is 0 Å². The Hall–Kier alpha value is -1.63. The minimum atomic E-state index is -0.0923. The summed E-state index contributed by atoms with van der Waals surface area (Å²) in [6.07, 6.45) is 10.5. The number of hydrogen-bond donors (Lipinski definition) is 0. The average Bonchev–Trinajstić information content (AvgIpc) is 2.62. The SMILES string of the molecule is CCC[C@H]1CC[C@H](CCc2ccc(-c3ccccc3)c(F)c2)CC1. The van der Waals surface area contributed by atoms with Gasteiger partial charge < -0.3 is 0 Å². The quantitative estimate of drug-likeness (QED) is 0.535. The maximum Gasteiger partial charge on any atom is 0.131 e. The van der Waals surface area contributed by atoms with Gasteiger partial charge in [-0.25, -0.2) is 4.39 Å². The minimum Gasteiger partial charge on any atom is -0.206 e. The summed E-state index contributed by atoms with van der Waals surface area (Å²) >= 11 is 0. The van der Waals surface area contributed by atoms with Gasteiger partial charge in [-0.05, 0) is 41.9 Å². The molecule has 0 aliphatic heterocycles. The normalized spacial score (nSPS) is 20.9. The summed E-state index contributed by atoms with van der Waals surface area (Å²) in [7, 11) is 0. The summed E-state index contributed by atoms with van der Waals surface area (Å²) in [5.74, 6) is 1.72. The van der Waals surface area contributed by atoms with E-state index in [2.05, 4.69) is 13.0 Å². The summed E-state index contributed by atoms with van der Waals surface area (Å²) < 4.78 is 14.4. The van der Waals surface area contributed by atoms with Crippen LogP contribution in [0.4, 0.5) is 4.39 Å². The van der Waals surface area contributed by atoms with Gasteiger partial charge in [0, 0.05) is 5.56 Å². The molecule has 0 spiro atoms. The highest BCUT2D eigenvalue weighted by atomic mass is 19.1. The molecule has 0 heterocycles. The van der Waals surface area contributed by atoms with Gasteiger partial charge in [0.1, 0.15) is 5.82 Å². The van der Waals surface area contributed by atoms with Gasteiger partial charge in [-0.3, -0.25) is 0 Å². The third kappa shape index (κ3) is 4.47. The van der Waals surface area contributed by atoms with Gasteiger partial charge in [-0.1, -0.05) is 87.9 Å². The van der Waals surface area contributed by atoms with Crippen molar-refractivity contribution < 1.29 is 4.39 Å². The molecular formula is C23H29F. The van der Waals surface area contributed by atoms with Crippen molar-refractivity contribution in [2.24, 2.45) is 11.8 Å². The number of benzene rings is 2. The molecule has 0 atom stereocenters. The molecule has 1 saturated carbocycles. The van der Waals surface area contributed by atoms with Crippen LogP contribution < -0.4 is 0 Å². The van der Waals surface area contributed by atoms with Crippen LogP contribution in [-0.4, -0.2) is 0 Å². The van der Waals surface area contributed by atoms with Crippen LogP contribution in [0.15, 0.2) is 48.5 Å². The van der Waals surface area contributed by atoms with E-state index in [1.54, 1.807) is 6.07 Å². The highest BCUT2D eigenvalue weighted by Crippen LogP contribution is 2.34. The van der Waals surface area contributed by atoms with Crippen LogP contribution in [0.25, 0.3) is 11.1 Å². The predicted octanol–water partition coefficient (Wildman–Crippen LogP) is 7.03. The van der Waals surface area contributed by atoms with E-state index in [0.717, 1.165) is 29.4 Å². The number of hydrogen-bond acceptors (Lipinski definition) is 0. The Bertz CT molecular complexity index is 624. The van der Waals surface area contributed by atoms with Crippen molar-refractivity contribution in [3.05, 3.63) is 59.9 Å². The van der Waals surface area contributed by atoms with Gasteiger partial charge in [-0.15, -0.1) is 0 Å². The Morgan fingerprint density at radius 3 is 2.17 bits per heavy atom. The summed E-state index contributed by atoms with van der Waals surface area (Å²) in [6, 6.07) is 15.6. The number of rotatable bonds is 6. The third-order valence-electron chi connectivity index (χ3n) is 5.62. The lowest BCUT2D eigenvalue weighted by Gasteiger charge is -2.28. The van der Waals surface area contributed by atoms with Crippen molar-refractivity contribution in [1.82, 2.24) is 0 Å². The molecule has 0 amide bonds. The first-order chi connectivity index (χ1) is 11.8. The number of halogens is 1. The van der Waals surface area contributed by atoms with Crippen molar-refractivity contribution in [2.75, 3.05) is 0 Å². The molecule has 1 heteroatoms. The minimum absolute atomic E-state index is 0.0923. The van der Waals surface area contributed by atoms with Gasteiger partial charge in [-0.2, -0.15) is 0 Å². The van der Waals surface area contributed by atoms with Crippen LogP contribution in [0, 0.1) is 17.7 Å². The molecule has 0 N–H and O–H groups in total. The Kier molecular flexibility index (Phi) is 6.07. The molecule has 24 heavy (non-hydrogen) atoms. The molecule has 3 rings (SSSR count). The first kappa shape index (κ1) is 17.2. The van der Waals surface area contributed by atoms with Crippen LogP contribution >= 0.6 is 0 Å². The van der Waals surface area contributed by atoms with E-state index in [1.165, 1.54) is 44.9 Å². The highest BCUT2D eigenvalue weighted by molar-refractivity contribution is 5.64. The van der Waals surface area contributed by atoms with Crippen molar-refractivity contribution >= 4 is 0 Å². The molecule has 2 aromatic carbocycles. The van der Waals surface area contributed by atoms with E-state index in [-0.39, 0.29) is 5.82 Å². The number of aryl methyl sites for hydroxylation is 1. The molecule has 128 valence electrons. The lowest BCUT2D eigenvalue weighted by Crippen LogP contribution is -2.15. The van der Waals surface area contributed by atoms with Gasteiger partial charge in [0.15, 0.2) is 0 Å². The first-order valence-electron chi connectivity index (χ1n) is 9.60. The van der Waals surface area contributed by atoms with Gasteiger partial charge in [0.25, 0.3) is 0 Å². The summed E-state index contributed by atoms with van der Waals surface area (Å²) in [6.45, 7) is 2.29. The van der Waals surface area contributed by atoms with E-state index in [0.29, 0.717) is 5.56 Å². The molecule has 0 aromatic heterocycles. The van der Waals surface area contributed by atoms with E-state index >= 15 is 0 Å². The van der Waals surface area contributed by atoms with Crippen molar-refractivity contribution in [3.63, 3.8) is 0 Å². The van der Waals surface area contributed by atoms with Crippen LogP contribution in [-0.2, 0) is 6.42 Å². The van der Waals surface area contributed by atoms with Gasteiger partial charge >= 0.3 is 0 Å². The van der Waals surface area contributed by atoms with Crippen LogP contribution in [0.5, 0.6) is 0 Å². The van der Waals surface area contributed by atoms with Crippen molar-refractivity contribution in [3.8, 4) is 11.1 Å². The summed E-state index contributed by atoms with van der Waals surface area (Å²) in [4.78, 5) is 0. The third-order valence-corrected chi connectivity index (χ3v) is 5.62. The van der Waals surface area contributed by atoms with E-state index in [9.17, 15) is 4.39 Å². The van der Waals surface area contributed by atoms with E-state index in [1.807, 2.05) is 36.4 Å². The monoisotopic (exact) mass is 324 g/mol. The fourth-order valence-electron chi connectivity index (χ4n) is 4.15. The average molecular weight is 324 g/mol. The molecule has 2 aromatic rings. The van der Waals surface area contributed by atoms with E-state index < -0.39 is 0 Å². The highest BCUT2D eigenvalue weighted by Gasteiger charge is 2.20. The zero-order valence-electron chi connectivity index (χ0n) is 14.8. The predicted molar refractivity (Wildman–Crippen MR) is 101 cm³/mol. The lowest BCUT2D eigenvalue weighted by molar-refractivity contribution is 0.252. The topological polar surface area (TPSA) is 0 Å². The lowest BCUT2D eigenvalue weighted by atomic mass is 9.78. The molecule has 0 radical (unpaired) electrons. The van der Waals surface area contributed by atoms with E-state index in [4.69, 9.17) is 0 Å². The zero-order valence-corrected chi connectivity index (χ0v) is 14.8. The Morgan fingerprint density at radius 1 is 0.875 bits per heavy atom. The largest absolute Gasteiger partial charge is 0.206 e. The van der Waals surface area contributed by atoms with Gasteiger partial charge in [0.2, 0.25) is 0 Å². The second kappa shape index (κ2) is 8.46. The summed E-state index contributed by atoms with van der Waals surface area (Å²) in [5, 5.41) is 0. The maximum absolute atomic E-state index is 14.4. The second-order valence-electron chi connectivity index (χ2n) is 7.39. The van der Waals surface area contributed by atoms with Crippen molar-refractivity contribution in [2.45, 2.75) is 58.3 Å². The molecule has 0 nitrogen and oxygen atoms in total.